The molecule has 4 nitrogen and oxygen atoms in total. The van der Waals surface area contributed by atoms with Crippen molar-refractivity contribution >= 4 is 16.9 Å². The second-order valence-corrected chi connectivity index (χ2v) is 6.68. The summed E-state index contributed by atoms with van der Waals surface area (Å²) in [6.45, 7) is 0.338. The molecular weight excluding hydrogens is 317 g/mol. The quantitative estimate of drug-likeness (QED) is 0.760. The van der Waals surface area contributed by atoms with E-state index in [-0.39, 0.29) is 11.7 Å². The van der Waals surface area contributed by atoms with Crippen LogP contribution in [0, 0.1) is 5.82 Å². The minimum atomic E-state index is -0.631. The van der Waals surface area contributed by atoms with E-state index in [1.165, 1.54) is 12.1 Å². The molecule has 1 fully saturated rings. The minimum Gasteiger partial charge on any atom is -0.348 e. The number of imidazole rings is 1. The van der Waals surface area contributed by atoms with Crippen LogP contribution < -0.4 is 5.32 Å². The Balaban J connectivity index is 1.55. The monoisotopic (exact) mass is 337 g/mol. The molecule has 1 aromatic heterocycles. The first-order valence-electron chi connectivity index (χ1n) is 8.65. The molecule has 0 saturated heterocycles. The van der Waals surface area contributed by atoms with Gasteiger partial charge in [0.05, 0.1) is 23.0 Å². The van der Waals surface area contributed by atoms with Crippen molar-refractivity contribution in [3.8, 4) is 0 Å². The third kappa shape index (κ3) is 2.90. The Hall–Kier alpha value is -2.69. The van der Waals surface area contributed by atoms with E-state index >= 15 is 0 Å². The zero-order valence-electron chi connectivity index (χ0n) is 13.9. The maximum atomic E-state index is 13.7. The molecule has 4 rings (SSSR count). The van der Waals surface area contributed by atoms with Gasteiger partial charge in [0, 0.05) is 0 Å². The van der Waals surface area contributed by atoms with Crippen LogP contribution in [0.1, 0.15) is 37.1 Å². The number of rotatable bonds is 4. The molecule has 1 heterocycles. The molecule has 0 atom stereocenters. The molecule has 1 amide bonds. The minimum absolute atomic E-state index is 0.0453. The lowest BCUT2D eigenvalue weighted by molar-refractivity contribution is -0.126. The van der Waals surface area contributed by atoms with Crippen LogP contribution in [0.5, 0.6) is 0 Å². The predicted octanol–water partition coefficient (Wildman–Crippen LogP) is 3.83. The van der Waals surface area contributed by atoms with Gasteiger partial charge in [0.15, 0.2) is 0 Å². The molecule has 1 aliphatic rings. The van der Waals surface area contributed by atoms with E-state index in [0.717, 1.165) is 48.1 Å². The maximum absolute atomic E-state index is 13.7. The van der Waals surface area contributed by atoms with Crippen molar-refractivity contribution in [1.82, 2.24) is 15.3 Å². The van der Waals surface area contributed by atoms with E-state index in [0.29, 0.717) is 6.54 Å². The summed E-state index contributed by atoms with van der Waals surface area (Å²) in [5.41, 5.74) is 1.97. The molecule has 2 aromatic carbocycles. The maximum Gasteiger partial charge on any atom is 0.231 e. The molecule has 0 spiro atoms. The van der Waals surface area contributed by atoms with Crippen LogP contribution in [0.15, 0.2) is 48.5 Å². The smallest absolute Gasteiger partial charge is 0.231 e. The van der Waals surface area contributed by atoms with Gasteiger partial charge < -0.3 is 10.3 Å². The molecule has 2 N–H and O–H groups in total. The van der Waals surface area contributed by atoms with Crippen molar-refractivity contribution in [3.63, 3.8) is 0 Å². The van der Waals surface area contributed by atoms with Crippen molar-refractivity contribution in [1.29, 1.82) is 0 Å². The number of H-pyrrole nitrogens is 1. The lowest BCUT2D eigenvalue weighted by Gasteiger charge is -2.28. The van der Waals surface area contributed by atoms with E-state index in [2.05, 4.69) is 15.3 Å². The number of carbonyl (C=O) groups excluding carboxylic acids is 1. The normalized spacial score (nSPS) is 16.2. The molecule has 0 aliphatic heterocycles. The van der Waals surface area contributed by atoms with Crippen molar-refractivity contribution < 1.29 is 9.18 Å². The SMILES string of the molecule is O=C(NCc1nc2ccccc2[nH]1)C1(c2cccc(F)c2)CCCC1. The highest BCUT2D eigenvalue weighted by Gasteiger charge is 2.42. The predicted molar refractivity (Wildman–Crippen MR) is 94.5 cm³/mol. The molecule has 1 saturated carbocycles. The Morgan fingerprint density at radius 1 is 1.16 bits per heavy atom. The zero-order chi connectivity index (χ0) is 17.3. The lowest BCUT2D eigenvalue weighted by atomic mass is 9.78. The number of amides is 1. The second-order valence-electron chi connectivity index (χ2n) is 6.68. The fourth-order valence-corrected chi connectivity index (χ4v) is 3.83. The summed E-state index contributed by atoms with van der Waals surface area (Å²) in [6, 6.07) is 14.2. The number of nitrogens with zero attached hydrogens (tertiary/aromatic N) is 1. The number of aromatic amines is 1. The van der Waals surface area contributed by atoms with Gasteiger partial charge in [-0.3, -0.25) is 4.79 Å². The third-order valence-electron chi connectivity index (χ3n) is 5.12. The van der Waals surface area contributed by atoms with E-state index < -0.39 is 5.41 Å². The average molecular weight is 337 g/mol. The van der Waals surface area contributed by atoms with Crippen LogP contribution in [0.2, 0.25) is 0 Å². The van der Waals surface area contributed by atoms with Gasteiger partial charge in [-0.05, 0) is 42.7 Å². The summed E-state index contributed by atoms with van der Waals surface area (Å²) in [6.07, 6.45) is 3.47. The Morgan fingerprint density at radius 3 is 2.72 bits per heavy atom. The summed E-state index contributed by atoms with van der Waals surface area (Å²) in [5.74, 6) is 0.381. The summed E-state index contributed by atoms with van der Waals surface area (Å²) >= 11 is 0. The van der Waals surface area contributed by atoms with Crippen LogP contribution >= 0.6 is 0 Å². The number of aromatic nitrogens is 2. The highest BCUT2D eigenvalue weighted by Crippen LogP contribution is 2.41. The van der Waals surface area contributed by atoms with E-state index in [9.17, 15) is 9.18 Å². The number of hydrogen-bond acceptors (Lipinski definition) is 2. The third-order valence-corrected chi connectivity index (χ3v) is 5.12. The van der Waals surface area contributed by atoms with E-state index in [4.69, 9.17) is 0 Å². The summed E-state index contributed by atoms with van der Waals surface area (Å²) in [5, 5.41) is 3.01. The fourth-order valence-electron chi connectivity index (χ4n) is 3.83. The number of para-hydroxylation sites is 2. The first-order chi connectivity index (χ1) is 12.2. The van der Waals surface area contributed by atoms with Crippen LogP contribution in [-0.4, -0.2) is 15.9 Å². The molecule has 0 bridgehead atoms. The van der Waals surface area contributed by atoms with Gasteiger partial charge in [0.25, 0.3) is 0 Å². The van der Waals surface area contributed by atoms with Crippen LogP contribution in [0.25, 0.3) is 11.0 Å². The molecule has 0 unspecified atom stereocenters. The number of halogens is 1. The molecule has 128 valence electrons. The summed E-state index contributed by atoms with van der Waals surface area (Å²) in [7, 11) is 0. The molecule has 0 radical (unpaired) electrons. The van der Waals surface area contributed by atoms with Gasteiger partial charge >= 0.3 is 0 Å². The van der Waals surface area contributed by atoms with E-state index in [1.807, 2.05) is 30.3 Å². The molecule has 5 heteroatoms. The Kier molecular flexibility index (Phi) is 3.99. The molecule has 3 aromatic rings. The van der Waals surface area contributed by atoms with Crippen LogP contribution in [0.3, 0.4) is 0 Å². The molecule has 1 aliphatic carbocycles. The summed E-state index contributed by atoms with van der Waals surface area (Å²) < 4.78 is 13.7. The van der Waals surface area contributed by atoms with Gasteiger partial charge in [-0.25, -0.2) is 9.37 Å². The van der Waals surface area contributed by atoms with Gasteiger partial charge in [0.1, 0.15) is 11.6 Å². The van der Waals surface area contributed by atoms with Crippen LogP contribution in [-0.2, 0) is 16.8 Å². The first kappa shape index (κ1) is 15.8. The lowest BCUT2D eigenvalue weighted by Crippen LogP contribution is -2.42. The highest BCUT2D eigenvalue weighted by molar-refractivity contribution is 5.88. The van der Waals surface area contributed by atoms with Gasteiger partial charge in [0.2, 0.25) is 5.91 Å². The zero-order valence-corrected chi connectivity index (χ0v) is 13.9. The van der Waals surface area contributed by atoms with Crippen molar-refractivity contribution in [3.05, 3.63) is 65.7 Å². The topological polar surface area (TPSA) is 57.8 Å². The Bertz CT molecular complexity index is 879. The largest absolute Gasteiger partial charge is 0.348 e. The molecule has 25 heavy (non-hydrogen) atoms. The highest BCUT2D eigenvalue weighted by atomic mass is 19.1. The fraction of sp³-hybridized carbons (Fsp3) is 0.300. The number of fused-ring (bicyclic) bond motifs is 1. The van der Waals surface area contributed by atoms with Crippen molar-refractivity contribution in [2.75, 3.05) is 0 Å². The first-order valence-corrected chi connectivity index (χ1v) is 8.65. The van der Waals surface area contributed by atoms with Gasteiger partial charge in [-0.1, -0.05) is 37.1 Å². The van der Waals surface area contributed by atoms with Crippen LogP contribution in [0.4, 0.5) is 4.39 Å². The van der Waals surface area contributed by atoms with Gasteiger partial charge in [-0.15, -0.1) is 0 Å². The van der Waals surface area contributed by atoms with E-state index in [1.54, 1.807) is 6.07 Å². The van der Waals surface area contributed by atoms with Crippen molar-refractivity contribution in [2.24, 2.45) is 0 Å². The number of carbonyl (C=O) groups is 1. The second kappa shape index (κ2) is 6.31. The number of hydrogen-bond donors (Lipinski definition) is 2. The standard InChI is InChI=1S/C20H20FN3O/c21-15-7-5-6-14(12-15)20(10-3-4-11-20)19(25)22-13-18-23-16-8-1-2-9-17(16)24-18/h1-2,5-9,12H,3-4,10-11,13H2,(H,22,25)(H,23,24). The molecular formula is C20H20FN3O. The average Bonchev–Trinajstić information content (AvgIpc) is 3.27. The Morgan fingerprint density at radius 2 is 1.96 bits per heavy atom. The number of nitrogens with one attached hydrogen (secondary N) is 2. The van der Waals surface area contributed by atoms with Gasteiger partial charge in [-0.2, -0.15) is 0 Å². The Labute approximate surface area is 145 Å². The number of benzene rings is 2. The van der Waals surface area contributed by atoms with Crippen molar-refractivity contribution in [2.45, 2.75) is 37.6 Å². The summed E-state index contributed by atoms with van der Waals surface area (Å²) in [4.78, 5) is 20.7.